The molecule has 1 aromatic rings. The molecule has 0 aliphatic heterocycles. The van der Waals surface area contributed by atoms with Crippen LogP contribution < -0.4 is 10.5 Å². The first-order valence-electron chi connectivity index (χ1n) is 5.31. The molecule has 0 spiro atoms. The largest absolute Gasteiger partial charge is 0.507 e. The van der Waals surface area contributed by atoms with Crippen molar-refractivity contribution in [1.29, 1.82) is 0 Å². The van der Waals surface area contributed by atoms with E-state index in [1.807, 2.05) is 13.0 Å². The molecule has 88 valence electrons. The minimum atomic E-state index is -0.0993. The van der Waals surface area contributed by atoms with E-state index in [4.69, 9.17) is 10.5 Å². The Kier molecular flexibility index (Phi) is 2.88. The predicted molar refractivity (Wildman–Crippen MR) is 67.0 cm³/mol. The predicted octanol–water partition coefficient (Wildman–Crippen LogP) is 2.51. The highest BCUT2D eigenvalue weighted by atomic mass is 79.9. The maximum absolute atomic E-state index is 10.1. The first kappa shape index (κ1) is 11.7. The summed E-state index contributed by atoms with van der Waals surface area (Å²) in [7, 11) is 1.59. The molecule has 0 heterocycles. The zero-order valence-corrected chi connectivity index (χ0v) is 11.1. The van der Waals surface area contributed by atoms with Gasteiger partial charge in [0.05, 0.1) is 11.6 Å². The smallest absolute Gasteiger partial charge is 0.139 e. The third-order valence-corrected chi connectivity index (χ3v) is 3.75. The molecule has 1 aliphatic rings. The molecule has 1 aromatic carbocycles. The number of ether oxygens (including phenoxy) is 1. The van der Waals surface area contributed by atoms with Gasteiger partial charge in [-0.25, -0.2) is 0 Å². The van der Waals surface area contributed by atoms with E-state index in [1.165, 1.54) is 0 Å². The van der Waals surface area contributed by atoms with E-state index in [-0.39, 0.29) is 5.54 Å². The number of methoxy groups -OCH3 is 1. The molecule has 16 heavy (non-hydrogen) atoms. The average molecular weight is 286 g/mol. The van der Waals surface area contributed by atoms with Crippen molar-refractivity contribution in [3.63, 3.8) is 0 Å². The standard InChI is InChI=1S/C12H16BrNO2/c1-7-10(15)8(6-12(14)3-4-12)5-9(13)11(7)16-2/h5,15H,3-4,6,14H2,1-2H3. The van der Waals surface area contributed by atoms with Gasteiger partial charge in [-0.1, -0.05) is 0 Å². The molecule has 1 saturated carbocycles. The Bertz CT molecular complexity index is 428. The van der Waals surface area contributed by atoms with E-state index in [0.717, 1.165) is 34.9 Å². The topological polar surface area (TPSA) is 55.5 Å². The van der Waals surface area contributed by atoms with Crippen LogP contribution in [0.5, 0.6) is 11.5 Å². The van der Waals surface area contributed by atoms with Crippen LogP contribution in [0.1, 0.15) is 24.0 Å². The van der Waals surface area contributed by atoms with Crippen LogP contribution in [-0.2, 0) is 6.42 Å². The van der Waals surface area contributed by atoms with Gasteiger partial charge < -0.3 is 15.6 Å². The van der Waals surface area contributed by atoms with E-state index in [1.54, 1.807) is 7.11 Å². The summed E-state index contributed by atoms with van der Waals surface area (Å²) < 4.78 is 6.08. The van der Waals surface area contributed by atoms with Gasteiger partial charge in [0.1, 0.15) is 11.5 Å². The van der Waals surface area contributed by atoms with Gasteiger partial charge in [0.15, 0.2) is 0 Å². The van der Waals surface area contributed by atoms with Crippen LogP contribution in [0.4, 0.5) is 0 Å². The second-order valence-electron chi connectivity index (χ2n) is 4.56. The maximum Gasteiger partial charge on any atom is 0.139 e. The highest BCUT2D eigenvalue weighted by Crippen LogP contribution is 2.42. The summed E-state index contributed by atoms with van der Waals surface area (Å²) >= 11 is 3.44. The number of hydrogen-bond donors (Lipinski definition) is 2. The molecule has 4 heteroatoms. The number of phenols is 1. The monoisotopic (exact) mass is 285 g/mol. The van der Waals surface area contributed by atoms with Gasteiger partial charge in [0.25, 0.3) is 0 Å². The minimum Gasteiger partial charge on any atom is -0.507 e. The van der Waals surface area contributed by atoms with Gasteiger partial charge in [-0.05, 0) is 53.7 Å². The molecule has 3 N–H and O–H groups in total. The number of aromatic hydroxyl groups is 1. The van der Waals surface area contributed by atoms with Gasteiger partial charge >= 0.3 is 0 Å². The molecule has 0 atom stereocenters. The zero-order chi connectivity index (χ0) is 11.9. The molecule has 0 saturated heterocycles. The molecule has 0 unspecified atom stereocenters. The fourth-order valence-electron chi connectivity index (χ4n) is 1.92. The summed E-state index contributed by atoms with van der Waals surface area (Å²) in [5, 5.41) is 10.1. The second kappa shape index (κ2) is 3.93. The van der Waals surface area contributed by atoms with Crippen LogP contribution in [-0.4, -0.2) is 17.8 Å². The number of hydrogen-bond acceptors (Lipinski definition) is 3. The molecular weight excluding hydrogens is 270 g/mol. The molecular formula is C12H16BrNO2. The van der Waals surface area contributed by atoms with E-state index in [0.29, 0.717) is 11.5 Å². The summed E-state index contributed by atoms with van der Waals surface area (Å²) in [6.45, 7) is 1.85. The van der Waals surface area contributed by atoms with Crippen molar-refractivity contribution < 1.29 is 9.84 Å². The summed E-state index contributed by atoms with van der Waals surface area (Å²) in [6.07, 6.45) is 2.80. The van der Waals surface area contributed by atoms with E-state index in [2.05, 4.69) is 15.9 Å². The molecule has 0 bridgehead atoms. The van der Waals surface area contributed by atoms with Crippen molar-refractivity contribution in [2.24, 2.45) is 5.73 Å². The van der Waals surface area contributed by atoms with Crippen LogP contribution in [0.15, 0.2) is 10.5 Å². The van der Waals surface area contributed by atoms with Crippen LogP contribution in [0, 0.1) is 6.92 Å². The van der Waals surface area contributed by atoms with E-state index < -0.39 is 0 Å². The van der Waals surface area contributed by atoms with Crippen LogP contribution in [0.3, 0.4) is 0 Å². The van der Waals surface area contributed by atoms with Crippen LogP contribution in [0.25, 0.3) is 0 Å². The lowest BCUT2D eigenvalue weighted by molar-refractivity contribution is 0.398. The molecule has 0 aromatic heterocycles. The van der Waals surface area contributed by atoms with Crippen molar-refractivity contribution in [1.82, 2.24) is 0 Å². The summed E-state index contributed by atoms with van der Waals surface area (Å²) in [5.41, 5.74) is 7.62. The van der Waals surface area contributed by atoms with E-state index in [9.17, 15) is 5.11 Å². The van der Waals surface area contributed by atoms with Crippen LogP contribution >= 0.6 is 15.9 Å². The van der Waals surface area contributed by atoms with Crippen molar-refractivity contribution in [3.05, 3.63) is 21.7 Å². The van der Waals surface area contributed by atoms with Crippen LogP contribution in [0.2, 0.25) is 0 Å². The lowest BCUT2D eigenvalue weighted by Crippen LogP contribution is -2.24. The normalized spacial score (nSPS) is 17.2. The Morgan fingerprint density at radius 2 is 2.19 bits per heavy atom. The Morgan fingerprint density at radius 1 is 1.56 bits per heavy atom. The Labute approximate surface area is 104 Å². The number of phenolic OH excluding ortho intramolecular Hbond substituents is 1. The molecule has 2 rings (SSSR count). The third-order valence-electron chi connectivity index (χ3n) is 3.16. The molecule has 1 aliphatic carbocycles. The zero-order valence-electron chi connectivity index (χ0n) is 9.51. The molecule has 0 amide bonds. The molecule has 0 radical (unpaired) electrons. The highest BCUT2D eigenvalue weighted by molar-refractivity contribution is 9.10. The number of nitrogens with two attached hydrogens (primary N) is 1. The average Bonchev–Trinajstić information content (AvgIpc) is 2.93. The summed E-state index contributed by atoms with van der Waals surface area (Å²) in [6, 6.07) is 1.90. The van der Waals surface area contributed by atoms with Crippen molar-refractivity contribution in [3.8, 4) is 11.5 Å². The second-order valence-corrected chi connectivity index (χ2v) is 5.42. The van der Waals surface area contributed by atoms with Crippen molar-refractivity contribution >= 4 is 15.9 Å². The number of benzene rings is 1. The molecule has 1 fully saturated rings. The van der Waals surface area contributed by atoms with Gasteiger partial charge in [-0.15, -0.1) is 0 Å². The van der Waals surface area contributed by atoms with Crippen molar-refractivity contribution in [2.75, 3.05) is 7.11 Å². The fraction of sp³-hybridized carbons (Fsp3) is 0.500. The van der Waals surface area contributed by atoms with Gasteiger partial charge in [0, 0.05) is 11.1 Å². The lowest BCUT2D eigenvalue weighted by Gasteiger charge is -2.15. The maximum atomic E-state index is 10.1. The van der Waals surface area contributed by atoms with Crippen molar-refractivity contribution in [2.45, 2.75) is 31.7 Å². The summed E-state index contributed by atoms with van der Waals surface area (Å²) in [4.78, 5) is 0. The highest BCUT2D eigenvalue weighted by Gasteiger charge is 2.39. The first-order valence-corrected chi connectivity index (χ1v) is 6.10. The Morgan fingerprint density at radius 3 is 2.69 bits per heavy atom. The SMILES string of the molecule is COc1c(Br)cc(CC2(N)CC2)c(O)c1C. The Hall–Kier alpha value is -0.740. The first-order chi connectivity index (χ1) is 7.47. The Balaban J connectivity index is 2.39. The van der Waals surface area contributed by atoms with E-state index >= 15 is 0 Å². The quantitative estimate of drug-likeness (QED) is 0.897. The third kappa shape index (κ3) is 2.04. The summed E-state index contributed by atoms with van der Waals surface area (Å²) in [5.74, 6) is 0.986. The number of rotatable bonds is 3. The van der Waals surface area contributed by atoms with Gasteiger partial charge in [-0.3, -0.25) is 0 Å². The fourth-order valence-corrected chi connectivity index (χ4v) is 2.65. The van der Waals surface area contributed by atoms with Gasteiger partial charge in [-0.2, -0.15) is 0 Å². The minimum absolute atomic E-state index is 0.0993. The lowest BCUT2D eigenvalue weighted by atomic mass is 10.0. The molecule has 3 nitrogen and oxygen atoms in total. The number of halogens is 1. The van der Waals surface area contributed by atoms with Gasteiger partial charge in [0.2, 0.25) is 0 Å².